The monoisotopic (exact) mass is 805 g/mol. The van der Waals surface area contributed by atoms with E-state index in [0.29, 0.717) is 5.41 Å². The first kappa shape index (κ1) is 82.8. The van der Waals surface area contributed by atoms with Gasteiger partial charge >= 0.3 is 0 Å². The van der Waals surface area contributed by atoms with Crippen molar-refractivity contribution in [2.24, 2.45) is 17.3 Å². The average Bonchev–Trinajstić information content (AvgIpc) is 3.21. The standard InChI is InChI=1S/C20H36.C9H14.C5H12.C5H8.C4H8.7C2H6/c1-7-10-18(11-8-2)13-19-16(4)14-20(6,12-9-3)15-17(19)5;1-5-9(4)7-6-8(2)3;2*1-4-5(2)3;1-4(2)3;7*1-2/h14,18H,7-13,15H2,1-6H3;5-7H,2H2,1,3-4H3;5H,4H2,1-3H3;4H,1-2H2,3H3;1H2,2-3H3;7*1-2H3/b;7-6-,9-5-;;;;;;;;;;. The van der Waals surface area contributed by atoms with Gasteiger partial charge < -0.3 is 0 Å². The Bertz CT molecular complexity index is 869. The highest BCUT2D eigenvalue weighted by atomic mass is 14.3. The van der Waals surface area contributed by atoms with Crippen molar-refractivity contribution < 1.29 is 0 Å². The number of allylic oxidation sites excluding steroid dienone is 12. The van der Waals surface area contributed by atoms with Crippen molar-refractivity contribution in [1.82, 2.24) is 0 Å². The molecule has 0 saturated heterocycles. The Balaban J connectivity index is -0.0000000534. The van der Waals surface area contributed by atoms with Crippen molar-refractivity contribution in [3.63, 3.8) is 0 Å². The zero-order valence-corrected chi connectivity index (χ0v) is 46.2. The first-order chi connectivity index (χ1) is 26.9. The zero-order chi connectivity index (χ0) is 48.6. The molecule has 0 spiro atoms. The maximum Gasteiger partial charge on any atom is -0.0104 e. The summed E-state index contributed by atoms with van der Waals surface area (Å²) in [4.78, 5) is 0. The Morgan fingerprint density at radius 2 is 1.00 bits per heavy atom. The van der Waals surface area contributed by atoms with Crippen LogP contribution in [0, 0.1) is 17.3 Å². The lowest BCUT2D eigenvalue weighted by Crippen LogP contribution is -2.20. The van der Waals surface area contributed by atoms with Crippen molar-refractivity contribution in [2.45, 2.75) is 259 Å². The number of hydrogen-bond acceptors (Lipinski definition) is 0. The van der Waals surface area contributed by atoms with Crippen LogP contribution in [-0.4, -0.2) is 0 Å². The highest BCUT2D eigenvalue weighted by molar-refractivity contribution is 5.39. The molecular formula is C57H120. The average molecular weight is 806 g/mol. The molecular weight excluding hydrogens is 685 g/mol. The van der Waals surface area contributed by atoms with E-state index >= 15 is 0 Å². The van der Waals surface area contributed by atoms with Gasteiger partial charge in [0.05, 0.1) is 0 Å². The summed E-state index contributed by atoms with van der Waals surface area (Å²) in [6, 6.07) is 0. The summed E-state index contributed by atoms with van der Waals surface area (Å²) in [5.74, 6) is 1.78. The Hall–Kier alpha value is -2.08. The molecule has 0 heteroatoms. The van der Waals surface area contributed by atoms with Crippen LogP contribution in [0.2, 0.25) is 0 Å². The lowest BCUT2D eigenvalue weighted by molar-refractivity contribution is 0.368. The van der Waals surface area contributed by atoms with Crippen LogP contribution in [0.5, 0.6) is 0 Å². The third-order valence-electron chi connectivity index (χ3n) is 7.18. The summed E-state index contributed by atoms with van der Waals surface area (Å²) < 4.78 is 0. The van der Waals surface area contributed by atoms with Crippen LogP contribution in [0.1, 0.15) is 259 Å². The van der Waals surface area contributed by atoms with Crippen molar-refractivity contribution >= 4 is 0 Å². The predicted octanol–water partition coefficient (Wildman–Crippen LogP) is 22.7. The molecule has 0 aromatic rings. The van der Waals surface area contributed by atoms with Crippen LogP contribution in [0.15, 0.2) is 95.7 Å². The Kier molecular flexibility index (Phi) is 109. The van der Waals surface area contributed by atoms with E-state index in [-0.39, 0.29) is 0 Å². The molecule has 1 unspecified atom stereocenters. The maximum absolute atomic E-state index is 3.75. The molecule has 1 rings (SSSR count). The third kappa shape index (κ3) is 86.8. The molecule has 348 valence electrons. The zero-order valence-electron chi connectivity index (χ0n) is 46.2. The van der Waals surface area contributed by atoms with E-state index in [4.69, 9.17) is 0 Å². The van der Waals surface area contributed by atoms with Gasteiger partial charge in [-0.2, -0.15) is 0 Å². The number of rotatable bonds is 12. The fourth-order valence-corrected chi connectivity index (χ4v) is 4.60. The molecule has 0 fully saturated rings. The van der Waals surface area contributed by atoms with Gasteiger partial charge in [-0.25, -0.2) is 0 Å². The van der Waals surface area contributed by atoms with Gasteiger partial charge in [0.15, 0.2) is 0 Å². The Morgan fingerprint density at radius 1 is 0.667 bits per heavy atom. The lowest BCUT2D eigenvalue weighted by atomic mass is 9.71. The van der Waals surface area contributed by atoms with Crippen molar-refractivity contribution in [3.05, 3.63) is 95.7 Å². The molecule has 1 aliphatic carbocycles. The van der Waals surface area contributed by atoms with Gasteiger partial charge in [-0.15, -0.1) is 6.58 Å². The van der Waals surface area contributed by atoms with Gasteiger partial charge in [-0.1, -0.05) is 267 Å². The van der Waals surface area contributed by atoms with Crippen molar-refractivity contribution in [1.29, 1.82) is 0 Å². The fourth-order valence-electron chi connectivity index (χ4n) is 4.60. The molecule has 0 aromatic heterocycles. The molecule has 0 bridgehead atoms. The van der Waals surface area contributed by atoms with Crippen LogP contribution in [0.25, 0.3) is 0 Å². The van der Waals surface area contributed by atoms with Crippen LogP contribution in [0.4, 0.5) is 0 Å². The van der Waals surface area contributed by atoms with Gasteiger partial charge in [0.2, 0.25) is 0 Å². The SMILES string of the molecule is C=C(C)/C=C\C(C)=C/C.C=C(C)C.C=CC(=C)C.CC.CC.CC.CC.CC.CC.CC.CCC(C)C.CCCC(CCC)CC1=C(C)CC(C)(CCC)C=C1C. The van der Waals surface area contributed by atoms with Crippen molar-refractivity contribution in [2.75, 3.05) is 0 Å². The summed E-state index contributed by atoms with van der Waals surface area (Å²) in [5, 5.41) is 0. The van der Waals surface area contributed by atoms with Gasteiger partial charge in [0, 0.05) is 0 Å². The third-order valence-corrected chi connectivity index (χ3v) is 7.18. The molecule has 1 atom stereocenters. The van der Waals surface area contributed by atoms with Crippen LogP contribution < -0.4 is 0 Å². The minimum atomic E-state index is 0.414. The first-order valence-corrected chi connectivity index (χ1v) is 24.1. The summed E-state index contributed by atoms with van der Waals surface area (Å²) in [6.45, 7) is 75.0. The molecule has 0 aromatic carbocycles. The maximum atomic E-state index is 3.75. The quantitative estimate of drug-likeness (QED) is 0.136. The summed E-state index contributed by atoms with van der Waals surface area (Å²) in [6.07, 6.45) is 22.4. The highest BCUT2D eigenvalue weighted by Gasteiger charge is 2.27. The van der Waals surface area contributed by atoms with E-state index in [0.717, 1.165) is 23.0 Å². The fraction of sp³-hybridized carbons (Fsp3) is 0.719. The second-order valence-electron chi connectivity index (χ2n) is 13.6. The normalized spacial score (nSPS) is 12.8. The van der Waals surface area contributed by atoms with Gasteiger partial charge in [0.1, 0.15) is 0 Å². The summed E-state index contributed by atoms with van der Waals surface area (Å²) >= 11 is 0. The molecule has 0 amide bonds. The van der Waals surface area contributed by atoms with E-state index in [1.54, 1.807) is 22.8 Å². The second kappa shape index (κ2) is 74.8. The number of hydrogen-bond donors (Lipinski definition) is 0. The Morgan fingerprint density at radius 3 is 1.21 bits per heavy atom. The molecule has 0 saturated carbocycles. The topological polar surface area (TPSA) is 0 Å². The van der Waals surface area contributed by atoms with Gasteiger partial charge in [0.25, 0.3) is 0 Å². The smallest absolute Gasteiger partial charge is 0.0104 e. The molecule has 0 nitrogen and oxygen atoms in total. The molecule has 0 radical (unpaired) electrons. The van der Waals surface area contributed by atoms with E-state index in [1.165, 1.54) is 68.9 Å². The summed E-state index contributed by atoms with van der Waals surface area (Å²) in [5.41, 5.74) is 9.89. The molecule has 0 aliphatic heterocycles. The minimum absolute atomic E-state index is 0.414. The van der Waals surface area contributed by atoms with Crippen LogP contribution in [-0.2, 0) is 0 Å². The lowest BCUT2D eigenvalue weighted by Gasteiger charge is -2.34. The van der Waals surface area contributed by atoms with E-state index in [9.17, 15) is 0 Å². The van der Waals surface area contributed by atoms with E-state index in [1.807, 2.05) is 138 Å². The van der Waals surface area contributed by atoms with Crippen molar-refractivity contribution in [3.8, 4) is 0 Å². The molecule has 1 aliphatic rings. The van der Waals surface area contributed by atoms with Crippen LogP contribution >= 0.6 is 0 Å². The highest BCUT2D eigenvalue weighted by Crippen LogP contribution is 2.42. The van der Waals surface area contributed by atoms with Crippen LogP contribution in [0.3, 0.4) is 0 Å². The molecule has 57 heavy (non-hydrogen) atoms. The molecule has 0 heterocycles. The Labute approximate surface area is 370 Å². The van der Waals surface area contributed by atoms with Gasteiger partial charge in [-0.3, -0.25) is 0 Å². The van der Waals surface area contributed by atoms with E-state index in [2.05, 4.69) is 114 Å². The summed E-state index contributed by atoms with van der Waals surface area (Å²) in [7, 11) is 0. The minimum Gasteiger partial charge on any atom is -0.100 e. The second-order valence-corrected chi connectivity index (χ2v) is 13.6. The molecule has 0 N–H and O–H groups in total. The van der Waals surface area contributed by atoms with E-state index < -0.39 is 0 Å². The first-order valence-electron chi connectivity index (χ1n) is 24.1. The largest absolute Gasteiger partial charge is 0.100 e. The predicted molar refractivity (Wildman–Crippen MR) is 285 cm³/mol. The van der Waals surface area contributed by atoms with Gasteiger partial charge in [-0.05, 0) is 97.5 Å².